The second-order valence-electron chi connectivity index (χ2n) is 3.05. The highest BCUT2D eigenvalue weighted by Gasteiger charge is 2.30. The van der Waals surface area contributed by atoms with Crippen LogP contribution in [0.2, 0.25) is 0 Å². The SMILES string of the molecule is COC(=O)CC1(O)C=CC=C(O)C1. The molecular formula is C9H12O4. The molecule has 1 aliphatic carbocycles. The van der Waals surface area contributed by atoms with E-state index in [4.69, 9.17) is 5.11 Å². The Balaban J connectivity index is 2.63. The summed E-state index contributed by atoms with van der Waals surface area (Å²) in [5, 5.41) is 18.9. The number of methoxy groups -OCH3 is 1. The molecule has 2 N–H and O–H groups in total. The zero-order valence-electron chi connectivity index (χ0n) is 7.36. The summed E-state index contributed by atoms with van der Waals surface area (Å²) in [5.41, 5.74) is -1.30. The van der Waals surface area contributed by atoms with Crippen molar-refractivity contribution in [2.75, 3.05) is 7.11 Å². The molecule has 0 saturated carbocycles. The second-order valence-corrected chi connectivity index (χ2v) is 3.05. The van der Waals surface area contributed by atoms with Gasteiger partial charge in [-0.3, -0.25) is 4.79 Å². The van der Waals surface area contributed by atoms with Gasteiger partial charge in [0.25, 0.3) is 0 Å². The lowest BCUT2D eigenvalue weighted by atomic mass is 9.91. The predicted octanol–water partition coefficient (Wildman–Crippen LogP) is 0.682. The van der Waals surface area contributed by atoms with Crippen LogP contribution in [0.1, 0.15) is 12.8 Å². The minimum atomic E-state index is -1.30. The zero-order chi connectivity index (χ0) is 9.90. The molecule has 0 heterocycles. The summed E-state index contributed by atoms with van der Waals surface area (Å²) in [4.78, 5) is 10.9. The van der Waals surface area contributed by atoms with Crippen LogP contribution in [0.4, 0.5) is 0 Å². The first kappa shape index (κ1) is 9.80. The Labute approximate surface area is 76.1 Å². The maximum absolute atomic E-state index is 10.9. The van der Waals surface area contributed by atoms with E-state index in [1.807, 2.05) is 0 Å². The number of allylic oxidation sites excluding steroid dienone is 2. The van der Waals surface area contributed by atoms with E-state index in [9.17, 15) is 9.90 Å². The molecule has 4 nitrogen and oxygen atoms in total. The summed E-state index contributed by atoms with van der Waals surface area (Å²) in [6.45, 7) is 0. The van der Waals surface area contributed by atoms with Crippen LogP contribution in [0.15, 0.2) is 24.0 Å². The molecule has 13 heavy (non-hydrogen) atoms. The number of rotatable bonds is 2. The molecule has 0 radical (unpaired) electrons. The van der Waals surface area contributed by atoms with Crippen LogP contribution in [0, 0.1) is 0 Å². The molecule has 1 atom stereocenters. The van der Waals surface area contributed by atoms with Gasteiger partial charge in [-0.25, -0.2) is 0 Å². The molecule has 0 saturated heterocycles. The van der Waals surface area contributed by atoms with E-state index in [1.54, 1.807) is 0 Å². The van der Waals surface area contributed by atoms with Gasteiger partial charge in [-0.2, -0.15) is 0 Å². The lowest BCUT2D eigenvalue weighted by Crippen LogP contribution is -2.31. The minimum Gasteiger partial charge on any atom is -0.512 e. The highest BCUT2D eigenvalue weighted by atomic mass is 16.5. The summed E-state index contributed by atoms with van der Waals surface area (Å²) in [5.74, 6) is -0.434. The van der Waals surface area contributed by atoms with Gasteiger partial charge in [0.15, 0.2) is 0 Å². The van der Waals surface area contributed by atoms with E-state index >= 15 is 0 Å². The predicted molar refractivity (Wildman–Crippen MR) is 46.1 cm³/mol. The summed E-state index contributed by atoms with van der Waals surface area (Å²) < 4.78 is 4.42. The van der Waals surface area contributed by atoms with E-state index < -0.39 is 11.6 Å². The van der Waals surface area contributed by atoms with Gasteiger partial charge in [-0.15, -0.1) is 0 Å². The summed E-state index contributed by atoms with van der Waals surface area (Å²) in [7, 11) is 1.26. The summed E-state index contributed by atoms with van der Waals surface area (Å²) in [6.07, 6.45) is 4.38. The molecule has 72 valence electrons. The first-order valence-corrected chi connectivity index (χ1v) is 3.92. The minimum absolute atomic E-state index is 0.0542. The molecule has 1 unspecified atom stereocenters. The van der Waals surface area contributed by atoms with E-state index in [2.05, 4.69) is 4.74 Å². The maximum atomic E-state index is 10.9. The van der Waals surface area contributed by atoms with Crippen molar-refractivity contribution in [3.63, 3.8) is 0 Å². The molecule has 1 aliphatic rings. The van der Waals surface area contributed by atoms with Crippen molar-refractivity contribution in [3.8, 4) is 0 Å². The van der Waals surface area contributed by atoms with Gasteiger partial charge in [0, 0.05) is 6.42 Å². The third-order valence-electron chi connectivity index (χ3n) is 1.86. The number of carbonyl (C=O) groups excluding carboxylic acids is 1. The Kier molecular flexibility index (Phi) is 2.72. The van der Waals surface area contributed by atoms with E-state index in [1.165, 1.54) is 25.3 Å². The van der Waals surface area contributed by atoms with Crippen LogP contribution in [-0.2, 0) is 9.53 Å². The molecule has 0 aliphatic heterocycles. The number of aliphatic hydroxyl groups excluding tert-OH is 1. The first-order chi connectivity index (χ1) is 6.06. The van der Waals surface area contributed by atoms with Gasteiger partial charge in [0.1, 0.15) is 5.60 Å². The number of carbonyl (C=O) groups is 1. The van der Waals surface area contributed by atoms with Crippen molar-refractivity contribution in [1.29, 1.82) is 0 Å². The third-order valence-corrected chi connectivity index (χ3v) is 1.86. The molecular weight excluding hydrogens is 172 g/mol. The number of hydrogen-bond donors (Lipinski definition) is 2. The van der Waals surface area contributed by atoms with Crippen molar-refractivity contribution in [1.82, 2.24) is 0 Å². The third kappa shape index (κ3) is 2.59. The number of esters is 1. The fraction of sp³-hybridized carbons (Fsp3) is 0.444. The first-order valence-electron chi connectivity index (χ1n) is 3.92. The zero-order valence-corrected chi connectivity index (χ0v) is 7.36. The molecule has 0 bridgehead atoms. The van der Waals surface area contributed by atoms with E-state index in [0.717, 1.165) is 0 Å². The fourth-order valence-corrected chi connectivity index (χ4v) is 1.21. The molecule has 0 aromatic carbocycles. The summed E-state index contributed by atoms with van der Waals surface area (Å²) in [6, 6.07) is 0. The standard InChI is InChI=1S/C9H12O4/c1-13-8(11)6-9(12)4-2-3-7(10)5-9/h2-4,10,12H,5-6H2,1H3. The van der Waals surface area contributed by atoms with Crippen molar-refractivity contribution < 1.29 is 19.7 Å². The quantitative estimate of drug-likeness (QED) is 0.619. The lowest BCUT2D eigenvalue weighted by molar-refractivity contribution is -0.144. The van der Waals surface area contributed by atoms with Crippen LogP contribution in [0.5, 0.6) is 0 Å². The largest absolute Gasteiger partial charge is 0.512 e. The summed E-state index contributed by atoms with van der Waals surface area (Å²) >= 11 is 0. The molecule has 0 fully saturated rings. The molecule has 1 rings (SSSR count). The van der Waals surface area contributed by atoms with Crippen molar-refractivity contribution >= 4 is 5.97 Å². The molecule has 4 heteroatoms. The number of ether oxygens (including phenoxy) is 1. The molecule has 0 aromatic rings. The normalized spacial score (nSPS) is 26.8. The Morgan fingerprint density at radius 1 is 1.77 bits per heavy atom. The second kappa shape index (κ2) is 3.62. The Morgan fingerprint density at radius 3 is 3.00 bits per heavy atom. The lowest BCUT2D eigenvalue weighted by Gasteiger charge is -2.24. The van der Waals surface area contributed by atoms with Crippen LogP contribution >= 0.6 is 0 Å². The van der Waals surface area contributed by atoms with Crippen LogP contribution in [0.3, 0.4) is 0 Å². The fourth-order valence-electron chi connectivity index (χ4n) is 1.21. The van der Waals surface area contributed by atoms with Crippen LogP contribution < -0.4 is 0 Å². The smallest absolute Gasteiger partial charge is 0.308 e. The highest BCUT2D eigenvalue weighted by molar-refractivity contribution is 5.71. The van der Waals surface area contributed by atoms with Gasteiger partial charge in [0.05, 0.1) is 19.3 Å². The van der Waals surface area contributed by atoms with Crippen LogP contribution in [0.25, 0.3) is 0 Å². The van der Waals surface area contributed by atoms with Crippen LogP contribution in [-0.4, -0.2) is 28.9 Å². The molecule has 0 amide bonds. The van der Waals surface area contributed by atoms with Gasteiger partial charge in [-0.05, 0) is 6.08 Å². The van der Waals surface area contributed by atoms with Crippen molar-refractivity contribution in [2.24, 2.45) is 0 Å². The van der Waals surface area contributed by atoms with E-state index in [-0.39, 0.29) is 18.6 Å². The molecule has 0 spiro atoms. The average molecular weight is 184 g/mol. The Hall–Kier alpha value is -1.29. The van der Waals surface area contributed by atoms with Crippen molar-refractivity contribution in [3.05, 3.63) is 24.0 Å². The van der Waals surface area contributed by atoms with E-state index in [0.29, 0.717) is 0 Å². The van der Waals surface area contributed by atoms with Gasteiger partial charge in [-0.1, -0.05) is 12.2 Å². The van der Waals surface area contributed by atoms with Gasteiger partial charge < -0.3 is 14.9 Å². The number of hydrogen-bond acceptors (Lipinski definition) is 4. The Morgan fingerprint density at radius 2 is 2.46 bits per heavy atom. The Bertz CT molecular complexity index is 267. The average Bonchev–Trinajstić information content (AvgIpc) is 2.02. The van der Waals surface area contributed by atoms with Gasteiger partial charge in [0.2, 0.25) is 0 Å². The molecule has 0 aromatic heterocycles. The highest BCUT2D eigenvalue weighted by Crippen LogP contribution is 2.25. The maximum Gasteiger partial charge on any atom is 0.308 e. The number of aliphatic hydroxyl groups is 2. The monoisotopic (exact) mass is 184 g/mol. The topological polar surface area (TPSA) is 66.8 Å². The van der Waals surface area contributed by atoms with Crippen molar-refractivity contribution in [2.45, 2.75) is 18.4 Å². The van der Waals surface area contributed by atoms with Gasteiger partial charge >= 0.3 is 5.97 Å².